The molecule has 1 aromatic rings. The van der Waals surface area contributed by atoms with Gasteiger partial charge in [0.1, 0.15) is 11.4 Å². The van der Waals surface area contributed by atoms with Gasteiger partial charge in [0.15, 0.2) is 5.82 Å². The van der Waals surface area contributed by atoms with Gasteiger partial charge in [-0.1, -0.05) is 20.8 Å². The van der Waals surface area contributed by atoms with Crippen LogP contribution in [0.5, 0.6) is 0 Å². The number of aromatic nitrogens is 3. The highest BCUT2D eigenvalue weighted by atomic mass is 16.5. The SMILES string of the molecule is CCCc1nc(N)nc(C2(OCC)CCC(C)(C)CC2)n1. The largest absolute Gasteiger partial charge is 0.368 e. The number of anilines is 1. The summed E-state index contributed by atoms with van der Waals surface area (Å²) in [4.78, 5) is 13.3. The summed E-state index contributed by atoms with van der Waals surface area (Å²) in [6, 6.07) is 0. The molecule has 0 aromatic carbocycles. The Bertz CT molecular complexity index is 477. The summed E-state index contributed by atoms with van der Waals surface area (Å²) in [6.07, 6.45) is 5.94. The van der Waals surface area contributed by atoms with Crippen molar-refractivity contribution < 1.29 is 4.74 Å². The van der Waals surface area contributed by atoms with E-state index in [4.69, 9.17) is 10.5 Å². The van der Waals surface area contributed by atoms with Gasteiger partial charge in [0.2, 0.25) is 5.95 Å². The van der Waals surface area contributed by atoms with E-state index in [1.807, 2.05) is 6.92 Å². The van der Waals surface area contributed by atoms with Crippen molar-refractivity contribution in [2.45, 2.75) is 71.8 Å². The van der Waals surface area contributed by atoms with Gasteiger partial charge in [0.25, 0.3) is 0 Å². The standard InChI is InChI=1S/C16H28N4O/c1-5-7-12-18-13(20-14(17)19-12)16(21-6-2)10-8-15(3,4)9-11-16/h5-11H2,1-4H3,(H2,17,18,19,20). The lowest BCUT2D eigenvalue weighted by Gasteiger charge is -2.42. The fourth-order valence-electron chi connectivity index (χ4n) is 3.02. The van der Waals surface area contributed by atoms with Crippen LogP contribution in [0.3, 0.4) is 0 Å². The minimum absolute atomic E-state index is 0.312. The van der Waals surface area contributed by atoms with Crippen LogP contribution in [-0.2, 0) is 16.8 Å². The van der Waals surface area contributed by atoms with Crippen LogP contribution >= 0.6 is 0 Å². The molecule has 5 nitrogen and oxygen atoms in total. The average Bonchev–Trinajstić information content (AvgIpc) is 2.41. The Balaban J connectivity index is 2.34. The molecule has 0 atom stereocenters. The highest BCUT2D eigenvalue weighted by Gasteiger charge is 2.43. The highest BCUT2D eigenvalue weighted by Crippen LogP contribution is 2.46. The van der Waals surface area contributed by atoms with Gasteiger partial charge in [0, 0.05) is 13.0 Å². The van der Waals surface area contributed by atoms with Gasteiger partial charge < -0.3 is 10.5 Å². The Kier molecular flexibility index (Phi) is 4.81. The molecule has 118 valence electrons. The molecule has 21 heavy (non-hydrogen) atoms. The Labute approximate surface area is 127 Å². The van der Waals surface area contributed by atoms with E-state index in [0.29, 0.717) is 18.0 Å². The third-order valence-electron chi connectivity index (χ3n) is 4.41. The Morgan fingerprint density at radius 3 is 2.29 bits per heavy atom. The van der Waals surface area contributed by atoms with Crippen LogP contribution in [0.25, 0.3) is 0 Å². The molecule has 1 heterocycles. The van der Waals surface area contributed by atoms with Gasteiger partial charge in [-0.05, 0) is 44.4 Å². The van der Waals surface area contributed by atoms with Crippen molar-refractivity contribution in [3.05, 3.63) is 11.6 Å². The summed E-state index contributed by atoms with van der Waals surface area (Å²) >= 11 is 0. The number of hydrogen-bond acceptors (Lipinski definition) is 5. The van der Waals surface area contributed by atoms with E-state index in [0.717, 1.165) is 50.2 Å². The van der Waals surface area contributed by atoms with Crippen molar-refractivity contribution in [2.24, 2.45) is 5.41 Å². The minimum Gasteiger partial charge on any atom is -0.368 e. The quantitative estimate of drug-likeness (QED) is 0.901. The number of rotatable bonds is 5. The number of nitrogens with two attached hydrogens (primary N) is 1. The molecule has 2 rings (SSSR count). The normalized spacial score (nSPS) is 20.4. The first-order valence-corrected chi connectivity index (χ1v) is 8.06. The molecular formula is C16H28N4O. The summed E-state index contributed by atoms with van der Waals surface area (Å²) in [5, 5.41) is 0. The van der Waals surface area contributed by atoms with Crippen LogP contribution in [0.4, 0.5) is 5.95 Å². The van der Waals surface area contributed by atoms with Crippen molar-refractivity contribution in [1.29, 1.82) is 0 Å². The maximum absolute atomic E-state index is 6.13. The lowest BCUT2D eigenvalue weighted by atomic mass is 9.70. The number of hydrogen-bond donors (Lipinski definition) is 1. The Hall–Kier alpha value is -1.23. The second-order valence-corrected chi connectivity index (χ2v) is 6.77. The number of nitrogen functional groups attached to an aromatic ring is 1. The summed E-state index contributed by atoms with van der Waals surface area (Å²) in [5.41, 5.74) is 5.87. The summed E-state index contributed by atoms with van der Waals surface area (Å²) in [7, 11) is 0. The summed E-state index contributed by atoms with van der Waals surface area (Å²) < 4.78 is 6.13. The number of aryl methyl sites for hydroxylation is 1. The second-order valence-electron chi connectivity index (χ2n) is 6.77. The van der Waals surface area contributed by atoms with Crippen molar-refractivity contribution >= 4 is 5.95 Å². The summed E-state index contributed by atoms with van der Waals surface area (Å²) in [5.74, 6) is 1.83. The van der Waals surface area contributed by atoms with Gasteiger partial charge in [-0.15, -0.1) is 0 Å². The van der Waals surface area contributed by atoms with Crippen LogP contribution < -0.4 is 5.73 Å². The summed E-state index contributed by atoms with van der Waals surface area (Å²) in [6.45, 7) is 9.43. The number of nitrogens with zero attached hydrogens (tertiary/aromatic N) is 3. The molecule has 5 heteroatoms. The molecule has 0 spiro atoms. The first-order chi connectivity index (χ1) is 9.91. The fraction of sp³-hybridized carbons (Fsp3) is 0.812. The Morgan fingerprint density at radius 1 is 1.05 bits per heavy atom. The van der Waals surface area contributed by atoms with Gasteiger partial charge in [-0.3, -0.25) is 0 Å². The van der Waals surface area contributed by atoms with Crippen molar-refractivity contribution in [2.75, 3.05) is 12.3 Å². The first-order valence-electron chi connectivity index (χ1n) is 8.06. The second kappa shape index (κ2) is 6.26. The highest BCUT2D eigenvalue weighted by molar-refractivity contribution is 5.20. The topological polar surface area (TPSA) is 73.9 Å². The monoisotopic (exact) mass is 292 g/mol. The lowest BCUT2D eigenvalue weighted by Crippen LogP contribution is -2.39. The van der Waals surface area contributed by atoms with E-state index < -0.39 is 0 Å². The minimum atomic E-state index is -0.385. The first kappa shape index (κ1) is 16.1. The van der Waals surface area contributed by atoms with Crippen LogP contribution in [0, 0.1) is 5.41 Å². The molecule has 0 amide bonds. The van der Waals surface area contributed by atoms with Crippen molar-refractivity contribution in [1.82, 2.24) is 15.0 Å². The molecule has 0 radical (unpaired) electrons. The molecular weight excluding hydrogens is 264 g/mol. The maximum atomic E-state index is 6.13. The van der Waals surface area contributed by atoms with E-state index >= 15 is 0 Å². The van der Waals surface area contributed by atoms with Crippen molar-refractivity contribution in [3.8, 4) is 0 Å². The zero-order chi connectivity index (χ0) is 15.5. The molecule has 0 bridgehead atoms. The fourth-order valence-corrected chi connectivity index (χ4v) is 3.02. The third-order valence-corrected chi connectivity index (χ3v) is 4.41. The van der Waals surface area contributed by atoms with E-state index in [-0.39, 0.29) is 5.60 Å². The molecule has 1 aromatic heterocycles. The van der Waals surface area contributed by atoms with Crippen LogP contribution in [0.15, 0.2) is 0 Å². The number of ether oxygens (including phenoxy) is 1. The molecule has 0 aliphatic heterocycles. The third kappa shape index (κ3) is 3.70. The van der Waals surface area contributed by atoms with E-state index in [1.54, 1.807) is 0 Å². The molecule has 1 fully saturated rings. The zero-order valence-corrected chi connectivity index (χ0v) is 13.8. The van der Waals surface area contributed by atoms with Crippen LogP contribution in [0.2, 0.25) is 0 Å². The predicted molar refractivity (Wildman–Crippen MR) is 83.8 cm³/mol. The van der Waals surface area contributed by atoms with Gasteiger partial charge in [0.05, 0.1) is 0 Å². The predicted octanol–water partition coefficient (Wildman–Crippen LogP) is 3.24. The van der Waals surface area contributed by atoms with E-state index in [1.165, 1.54) is 0 Å². The van der Waals surface area contributed by atoms with Gasteiger partial charge >= 0.3 is 0 Å². The smallest absolute Gasteiger partial charge is 0.223 e. The Morgan fingerprint density at radius 2 is 1.71 bits per heavy atom. The zero-order valence-electron chi connectivity index (χ0n) is 13.8. The van der Waals surface area contributed by atoms with Gasteiger partial charge in [-0.2, -0.15) is 9.97 Å². The molecule has 2 N–H and O–H groups in total. The van der Waals surface area contributed by atoms with E-state index in [9.17, 15) is 0 Å². The van der Waals surface area contributed by atoms with Crippen LogP contribution in [0.1, 0.15) is 71.4 Å². The van der Waals surface area contributed by atoms with E-state index in [2.05, 4.69) is 35.7 Å². The lowest BCUT2D eigenvalue weighted by molar-refractivity contribution is -0.0949. The molecule has 1 aliphatic carbocycles. The van der Waals surface area contributed by atoms with Gasteiger partial charge in [-0.25, -0.2) is 4.98 Å². The van der Waals surface area contributed by atoms with Crippen molar-refractivity contribution in [3.63, 3.8) is 0 Å². The van der Waals surface area contributed by atoms with Crippen LogP contribution in [-0.4, -0.2) is 21.6 Å². The molecule has 0 saturated heterocycles. The maximum Gasteiger partial charge on any atom is 0.223 e. The molecule has 1 saturated carbocycles. The molecule has 1 aliphatic rings. The molecule has 0 unspecified atom stereocenters. The average molecular weight is 292 g/mol.